The number of carbonyl (C=O) groups excluding carboxylic acids is 2. The summed E-state index contributed by atoms with van der Waals surface area (Å²) in [5.41, 5.74) is -1.21. The molecule has 0 aliphatic heterocycles. The fourth-order valence-electron chi connectivity index (χ4n) is 1.44. The van der Waals surface area contributed by atoms with E-state index in [4.69, 9.17) is 0 Å². The Hall–Kier alpha value is -1.17. The summed E-state index contributed by atoms with van der Waals surface area (Å²) < 4.78 is 37.7. The highest BCUT2D eigenvalue weighted by atomic mass is 79.9. The second-order valence-electron chi connectivity index (χ2n) is 3.43. The molecule has 0 saturated carbocycles. The van der Waals surface area contributed by atoms with E-state index in [9.17, 15) is 22.8 Å². The van der Waals surface area contributed by atoms with Gasteiger partial charge in [-0.2, -0.15) is 13.2 Å². The second kappa shape index (κ2) is 5.00. The van der Waals surface area contributed by atoms with Gasteiger partial charge in [-0.05, 0) is 24.6 Å². The molecule has 0 unspecified atom stereocenters. The molecule has 6 heteroatoms. The van der Waals surface area contributed by atoms with Crippen LogP contribution < -0.4 is 0 Å². The summed E-state index contributed by atoms with van der Waals surface area (Å²) in [5, 5.41) is -0.00248. The molecule has 0 aromatic heterocycles. The maximum absolute atomic E-state index is 12.6. The van der Waals surface area contributed by atoms with Crippen molar-refractivity contribution in [2.45, 2.75) is 13.1 Å². The third-order valence-electron chi connectivity index (χ3n) is 2.25. The highest BCUT2D eigenvalue weighted by Crippen LogP contribution is 2.33. The quantitative estimate of drug-likeness (QED) is 0.487. The van der Waals surface area contributed by atoms with Crippen molar-refractivity contribution in [3.8, 4) is 0 Å². The molecule has 0 aliphatic rings. The molecule has 0 heterocycles. The van der Waals surface area contributed by atoms with E-state index in [0.29, 0.717) is 0 Å². The van der Waals surface area contributed by atoms with Gasteiger partial charge in [-0.25, -0.2) is 0 Å². The van der Waals surface area contributed by atoms with Gasteiger partial charge in [-0.15, -0.1) is 0 Å². The minimum absolute atomic E-state index is 0.00248. The molecule has 0 bridgehead atoms. The van der Waals surface area contributed by atoms with Crippen LogP contribution in [0.1, 0.15) is 31.8 Å². The number of aldehydes is 1. The van der Waals surface area contributed by atoms with Gasteiger partial charge in [0.1, 0.15) is 0 Å². The van der Waals surface area contributed by atoms with E-state index >= 15 is 0 Å². The third kappa shape index (κ3) is 2.94. The number of ketones is 1. The lowest BCUT2D eigenvalue weighted by Gasteiger charge is -2.12. The van der Waals surface area contributed by atoms with Crippen LogP contribution in [0.15, 0.2) is 12.1 Å². The van der Waals surface area contributed by atoms with E-state index in [0.717, 1.165) is 12.1 Å². The smallest absolute Gasteiger partial charge is 0.298 e. The lowest BCUT2D eigenvalue weighted by molar-refractivity contribution is -0.137. The standard InChI is InChI=1S/C11H8BrF3O2/c1-6-2-9(11(13,14)15)7(5-16)3-8(6)10(17)4-12/h2-3,5H,4H2,1H3. The van der Waals surface area contributed by atoms with Crippen LogP contribution >= 0.6 is 15.9 Å². The van der Waals surface area contributed by atoms with Crippen molar-refractivity contribution < 1.29 is 22.8 Å². The van der Waals surface area contributed by atoms with E-state index in [-0.39, 0.29) is 28.5 Å². The van der Waals surface area contributed by atoms with Gasteiger partial charge in [0, 0.05) is 11.1 Å². The van der Waals surface area contributed by atoms with Gasteiger partial charge in [0.15, 0.2) is 12.1 Å². The third-order valence-corrected chi connectivity index (χ3v) is 2.76. The number of Topliss-reactive ketones (excluding diaryl/α,β-unsaturated/α-hetero) is 1. The van der Waals surface area contributed by atoms with Crippen LogP contribution in [0.2, 0.25) is 0 Å². The average molecular weight is 309 g/mol. The fraction of sp³-hybridized carbons (Fsp3) is 0.273. The summed E-state index contributed by atoms with van der Waals surface area (Å²) in [6.07, 6.45) is -4.50. The van der Waals surface area contributed by atoms with Crippen LogP contribution in [0, 0.1) is 6.92 Å². The molecular formula is C11H8BrF3O2. The number of carbonyl (C=O) groups is 2. The van der Waals surface area contributed by atoms with E-state index in [1.54, 1.807) is 0 Å². The predicted molar refractivity (Wildman–Crippen MR) is 59.7 cm³/mol. The lowest BCUT2D eigenvalue weighted by atomic mass is 9.97. The van der Waals surface area contributed by atoms with Crippen molar-refractivity contribution in [1.82, 2.24) is 0 Å². The highest BCUT2D eigenvalue weighted by molar-refractivity contribution is 9.09. The zero-order valence-electron chi connectivity index (χ0n) is 8.77. The Kier molecular flexibility index (Phi) is 4.08. The van der Waals surface area contributed by atoms with Gasteiger partial charge in [-0.1, -0.05) is 15.9 Å². The molecule has 1 rings (SSSR count). The van der Waals surface area contributed by atoms with E-state index in [1.165, 1.54) is 6.92 Å². The first-order valence-electron chi connectivity index (χ1n) is 4.57. The molecule has 0 radical (unpaired) electrons. The largest absolute Gasteiger partial charge is 0.417 e. The number of hydrogen-bond acceptors (Lipinski definition) is 2. The highest BCUT2D eigenvalue weighted by Gasteiger charge is 2.34. The first-order valence-corrected chi connectivity index (χ1v) is 5.69. The van der Waals surface area contributed by atoms with E-state index in [2.05, 4.69) is 15.9 Å². The number of halogens is 4. The van der Waals surface area contributed by atoms with Crippen LogP contribution in [0.4, 0.5) is 13.2 Å². The minimum atomic E-state index is -4.60. The van der Waals surface area contributed by atoms with Crippen molar-refractivity contribution >= 4 is 28.0 Å². The molecule has 1 aromatic carbocycles. The molecule has 17 heavy (non-hydrogen) atoms. The molecular weight excluding hydrogens is 301 g/mol. The Morgan fingerprint density at radius 1 is 1.41 bits per heavy atom. The summed E-state index contributed by atoms with van der Waals surface area (Å²) in [7, 11) is 0. The Morgan fingerprint density at radius 3 is 2.41 bits per heavy atom. The van der Waals surface area contributed by atoms with Crippen LogP contribution in [-0.4, -0.2) is 17.4 Å². The van der Waals surface area contributed by atoms with E-state index in [1.807, 2.05) is 0 Å². The molecule has 92 valence electrons. The molecule has 0 fully saturated rings. The Morgan fingerprint density at radius 2 is 2.00 bits per heavy atom. The molecule has 0 atom stereocenters. The van der Waals surface area contributed by atoms with Gasteiger partial charge in [0.05, 0.1) is 10.9 Å². The number of aryl methyl sites for hydroxylation is 1. The van der Waals surface area contributed by atoms with Crippen LogP contribution in [0.3, 0.4) is 0 Å². The minimum Gasteiger partial charge on any atom is -0.298 e. The zero-order chi connectivity index (χ0) is 13.2. The maximum Gasteiger partial charge on any atom is 0.417 e. The van der Waals surface area contributed by atoms with Crippen LogP contribution in [0.5, 0.6) is 0 Å². The SMILES string of the molecule is Cc1cc(C(F)(F)F)c(C=O)cc1C(=O)CBr. The number of hydrogen-bond donors (Lipinski definition) is 0. The van der Waals surface area contributed by atoms with Crippen LogP contribution in [-0.2, 0) is 6.18 Å². The predicted octanol–water partition coefficient (Wildman–Crippen LogP) is 3.40. The van der Waals surface area contributed by atoms with Gasteiger partial charge < -0.3 is 0 Å². The maximum atomic E-state index is 12.6. The summed E-state index contributed by atoms with van der Waals surface area (Å²) in [6.45, 7) is 1.40. The fourth-order valence-corrected chi connectivity index (χ4v) is 1.74. The van der Waals surface area contributed by atoms with Gasteiger partial charge in [0.25, 0.3) is 0 Å². The first kappa shape index (κ1) is 13.9. The molecule has 0 aliphatic carbocycles. The number of alkyl halides is 4. The Labute approximate surface area is 104 Å². The Balaban J connectivity index is 3.45. The number of benzene rings is 1. The molecule has 0 spiro atoms. The first-order chi connectivity index (χ1) is 7.81. The van der Waals surface area contributed by atoms with Crippen LogP contribution in [0.25, 0.3) is 0 Å². The Bertz CT molecular complexity index is 467. The lowest BCUT2D eigenvalue weighted by Crippen LogP contribution is -2.12. The van der Waals surface area contributed by atoms with E-state index < -0.39 is 17.3 Å². The zero-order valence-corrected chi connectivity index (χ0v) is 10.4. The molecule has 1 aromatic rings. The second-order valence-corrected chi connectivity index (χ2v) is 3.99. The molecule has 0 N–H and O–H groups in total. The summed E-state index contributed by atoms with van der Waals surface area (Å²) in [6, 6.07) is 1.80. The number of rotatable bonds is 3. The molecule has 0 amide bonds. The van der Waals surface area contributed by atoms with Crippen molar-refractivity contribution in [1.29, 1.82) is 0 Å². The van der Waals surface area contributed by atoms with Crippen molar-refractivity contribution in [3.63, 3.8) is 0 Å². The normalized spacial score (nSPS) is 11.4. The monoisotopic (exact) mass is 308 g/mol. The summed E-state index contributed by atoms with van der Waals surface area (Å²) in [5.74, 6) is -0.362. The topological polar surface area (TPSA) is 34.1 Å². The van der Waals surface area contributed by atoms with Crippen molar-refractivity contribution in [2.75, 3.05) is 5.33 Å². The molecule has 0 saturated heterocycles. The van der Waals surface area contributed by atoms with Crippen molar-refractivity contribution in [3.05, 3.63) is 34.4 Å². The average Bonchev–Trinajstić information content (AvgIpc) is 2.26. The molecule has 2 nitrogen and oxygen atoms in total. The summed E-state index contributed by atoms with van der Waals surface area (Å²) in [4.78, 5) is 22.0. The van der Waals surface area contributed by atoms with Gasteiger partial charge in [0.2, 0.25) is 0 Å². The van der Waals surface area contributed by atoms with Crippen molar-refractivity contribution in [2.24, 2.45) is 0 Å². The van der Waals surface area contributed by atoms with Gasteiger partial charge in [-0.3, -0.25) is 9.59 Å². The summed E-state index contributed by atoms with van der Waals surface area (Å²) >= 11 is 2.93. The van der Waals surface area contributed by atoms with Gasteiger partial charge >= 0.3 is 6.18 Å².